The van der Waals surface area contributed by atoms with E-state index >= 15 is 0 Å². The Hall–Kier alpha value is -7.62. The van der Waals surface area contributed by atoms with Gasteiger partial charge in [-0.15, -0.1) is 0 Å². The summed E-state index contributed by atoms with van der Waals surface area (Å²) < 4.78 is 13.0. The van der Waals surface area contributed by atoms with Crippen molar-refractivity contribution >= 4 is 60.9 Å². The standard InChI is InChI=1S/C57H39NO2/c1-57(2)51-16-10-9-15-45(51)46-30-27-44(33-52(46)57)58(42-23-17-38(18-24-42)36-11-5-3-6-12-36)43-25-19-39(20-26-43)41-22-29-48-50-35-55-49(34-56(50)60-54(48)32-41)47-28-21-40(31-53(47)59-55)37-13-7-4-8-14-37/h3-35H,1-2H3. The van der Waals surface area contributed by atoms with Crippen molar-refractivity contribution in [3.05, 3.63) is 211 Å². The molecule has 0 saturated heterocycles. The van der Waals surface area contributed by atoms with Gasteiger partial charge in [0.2, 0.25) is 0 Å². The van der Waals surface area contributed by atoms with Crippen molar-refractivity contribution in [3.8, 4) is 44.5 Å². The lowest BCUT2D eigenvalue weighted by molar-refractivity contribution is 0.660. The Morgan fingerprint density at radius 3 is 1.30 bits per heavy atom. The van der Waals surface area contributed by atoms with Crippen LogP contribution in [0, 0.1) is 0 Å². The second-order valence-corrected chi connectivity index (χ2v) is 16.5. The molecule has 2 heterocycles. The fraction of sp³-hybridized carbons (Fsp3) is 0.0526. The molecule has 0 spiro atoms. The monoisotopic (exact) mass is 769 g/mol. The van der Waals surface area contributed by atoms with E-state index < -0.39 is 0 Å². The average molecular weight is 770 g/mol. The molecule has 284 valence electrons. The number of benzene rings is 9. The summed E-state index contributed by atoms with van der Waals surface area (Å²) in [6.07, 6.45) is 0. The lowest BCUT2D eigenvalue weighted by Crippen LogP contribution is -2.16. The van der Waals surface area contributed by atoms with Gasteiger partial charge in [-0.1, -0.05) is 141 Å². The fourth-order valence-corrected chi connectivity index (χ4v) is 9.55. The molecular formula is C57H39NO2. The molecule has 0 N–H and O–H groups in total. The third-order valence-electron chi connectivity index (χ3n) is 12.7. The van der Waals surface area contributed by atoms with Crippen molar-refractivity contribution in [3.63, 3.8) is 0 Å². The summed E-state index contributed by atoms with van der Waals surface area (Å²) in [7, 11) is 0. The SMILES string of the molecule is CC1(C)c2ccccc2-c2ccc(N(c3ccc(-c4ccccc4)cc3)c3ccc(-c4ccc5c(c4)oc4cc6c(cc45)oc4cc(-c5ccccc5)ccc46)cc3)cc21. The first-order valence-corrected chi connectivity index (χ1v) is 20.6. The molecule has 0 fully saturated rings. The number of rotatable bonds is 6. The van der Waals surface area contributed by atoms with E-state index in [2.05, 4.69) is 213 Å². The summed E-state index contributed by atoms with van der Waals surface area (Å²) in [6, 6.07) is 71.9. The van der Waals surface area contributed by atoms with E-state index in [0.717, 1.165) is 77.6 Å². The van der Waals surface area contributed by atoms with Gasteiger partial charge in [0, 0.05) is 44.0 Å². The summed E-state index contributed by atoms with van der Waals surface area (Å²) in [6.45, 7) is 4.68. The first kappa shape index (κ1) is 34.4. The van der Waals surface area contributed by atoms with Gasteiger partial charge in [0.05, 0.1) is 0 Å². The van der Waals surface area contributed by atoms with Crippen molar-refractivity contribution < 1.29 is 8.83 Å². The third-order valence-corrected chi connectivity index (χ3v) is 12.7. The van der Waals surface area contributed by atoms with Crippen LogP contribution in [0.2, 0.25) is 0 Å². The molecule has 1 aliphatic carbocycles. The Labute approximate surface area is 348 Å². The minimum Gasteiger partial charge on any atom is -0.456 e. The van der Waals surface area contributed by atoms with Crippen LogP contribution in [0.3, 0.4) is 0 Å². The van der Waals surface area contributed by atoms with Gasteiger partial charge in [-0.2, -0.15) is 0 Å². The van der Waals surface area contributed by atoms with Crippen molar-refractivity contribution in [1.29, 1.82) is 0 Å². The summed E-state index contributed by atoms with van der Waals surface area (Å²) in [5.41, 5.74) is 19.0. The molecule has 0 atom stereocenters. The fourth-order valence-electron chi connectivity index (χ4n) is 9.55. The number of hydrogen-bond acceptors (Lipinski definition) is 3. The van der Waals surface area contributed by atoms with Crippen molar-refractivity contribution in [1.82, 2.24) is 0 Å². The van der Waals surface area contributed by atoms with Gasteiger partial charge in [0.25, 0.3) is 0 Å². The van der Waals surface area contributed by atoms with E-state index in [-0.39, 0.29) is 5.41 Å². The normalized spacial score (nSPS) is 13.0. The number of fused-ring (bicyclic) bond motifs is 9. The van der Waals surface area contributed by atoms with Gasteiger partial charge in [0.1, 0.15) is 22.3 Å². The quantitative estimate of drug-likeness (QED) is 0.169. The molecule has 0 amide bonds. The average Bonchev–Trinajstić information content (AvgIpc) is 3.92. The number of furan rings is 2. The maximum Gasteiger partial charge on any atom is 0.136 e. The number of hydrogen-bond donors (Lipinski definition) is 0. The molecule has 60 heavy (non-hydrogen) atoms. The smallest absolute Gasteiger partial charge is 0.136 e. The van der Waals surface area contributed by atoms with Crippen LogP contribution in [-0.4, -0.2) is 0 Å². The minimum absolute atomic E-state index is 0.103. The molecule has 0 saturated carbocycles. The zero-order chi connectivity index (χ0) is 40.0. The Morgan fingerprint density at radius 1 is 0.317 bits per heavy atom. The van der Waals surface area contributed by atoms with Crippen LogP contribution in [0.15, 0.2) is 209 Å². The molecule has 12 rings (SSSR count). The van der Waals surface area contributed by atoms with Gasteiger partial charge in [-0.05, 0) is 128 Å². The molecule has 3 heteroatoms. The highest BCUT2D eigenvalue weighted by Gasteiger charge is 2.35. The molecule has 0 unspecified atom stereocenters. The Bertz CT molecular complexity index is 3430. The Balaban J connectivity index is 0.905. The van der Waals surface area contributed by atoms with Crippen LogP contribution in [0.1, 0.15) is 25.0 Å². The molecule has 2 aromatic heterocycles. The van der Waals surface area contributed by atoms with Crippen LogP contribution in [0.5, 0.6) is 0 Å². The molecule has 0 aliphatic heterocycles. The van der Waals surface area contributed by atoms with Crippen LogP contribution >= 0.6 is 0 Å². The van der Waals surface area contributed by atoms with Crippen molar-refractivity contribution in [2.45, 2.75) is 19.3 Å². The number of nitrogens with zero attached hydrogens (tertiary/aromatic N) is 1. The number of anilines is 3. The third kappa shape index (κ3) is 5.43. The molecule has 9 aromatic carbocycles. The maximum atomic E-state index is 6.58. The van der Waals surface area contributed by atoms with E-state index in [4.69, 9.17) is 8.83 Å². The Morgan fingerprint density at radius 2 is 0.733 bits per heavy atom. The van der Waals surface area contributed by atoms with Crippen LogP contribution in [0.25, 0.3) is 88.4 Å². The second-order valence-electron chi connectivity index (χ2n) is 16.5. The van der Waals surface area contributed by atoms with Gasteiger partial charge >= 0.3 is 0 Å². The van der Waals surface area contributed by atoms with E-state index in [1.165, 1.54) is 38.9 Å². The topological polar surface area (TPSA) is 29.5 Å². The summed E-state index contributed by atoms with van der Waals surface area (Å²) >= 11 is 0. The van der Waals surface area contributed by atoms with Gasteiger partial charge < -0.3 is 13.7 Å². The highest BCUT2D eigenvalue weighted by atomic mass is 16.3. The van der Waals surface area contributed by atoms with E-state index in [1.54, 1.807) is 0 Å². The first-order valence-electron chi connectivity index (χ1n) is 20.6. The lowest BCUT2D eigenvalue weighted by atomic mass is 9.82. The summed E-state index contributed by atoms with van der Waals surface area (Å²) in [5.74, 6) is 0. The van der Waals surface area contributed by atoms with E-state index in [9.17, 15) is 0 Å². The molecule has 11 aromatic rings. The molecule has 0 radical (unpaired) electrons. The van der Waals surface area contributed by atoms with Crippen molar-refractivity contribution in [2.24, 2.45) is 0 Å². The van der Waals surface area contributed by atoms with E-state index in [1.807, 2.05) is 6.07 Å². The van der Waals surface area contributed by atoms with Crippen LogP contribution in [-0.2, 0) is 5.41 Å². The first-order chi connectivity index (χ1) is 29.5. The van der Waals surface area contributed by atoms with Gasteiger partial charge in [-0.25, -0.2) is 0 Å². The van der Waals surface area contributed by atoms with Gasteiger partial charge in [-0.3, -0.25) is 0 Å². The Kier molecular flexibility index (Phi) is 7.58. The maximum absolute atomic E-state index is 6.58. The molecule has 3 nitrogen and oxygen atoms in total. The minimum atomic E-state index is -0.103. The van der Waals surface area contributed by atoms with Crippen LogP contribution < -0.4 is 4.90 Å². The highest BCUT2D eigenvalue weighted by molar-refractivity contribution is 6.15. The van der Waals surface area contributed by atoms with Crippen LogP contribution in [0.4, 0.5) is 17.1 Å². The zero-order valence-corrected chi connectivity index (χ0v) is 33.3. The highest BCUT2D eigenvalue weighted by Crippen LogP contribution is 2.51. The molecule has 1 aliphatic rings. The largest absolute Gasteiger partial charge is 0.456 e. The second kappa shape index (κ2) is 13.2. The zero-order valence-electron chi connectivity index (χ0n) is 33.3. The summed E-state index contributed by atoms with van der Waals surface area (Å²) in [4.78, 5) is 2.38. The van der Waals surface area contributed by atoms with Gasteiger partial charge in [0.15, 0.2) is 0 Å². The molecular weight excluding hydrogens is 731 g/mol. The van der Waals surface area contributed by atoms with E-state index in [0.29, 0.717) is 0 Å². The predicted octanol–water partition coefficient (Wildman–Crippen LogP) is 16.3. The molecule has 0 bridgehead atoms. The summed E-state index contributed by atoms with van der Waals surface area (Å²) in [5, 5.41) is 4.27. The predicted molar refractivity (Wildman–Crippen MR) is 250 cm³/mol. The lowest BCUT2D eigenvalue weighted by Gasteiger charge is -2.28. The van der Waals surface area contributed by atoms with Crippen molar-refractivity contribution in [2.75, 3.05) is 4.90 Å².